The van der Waals surface area contributed by atoms with Crippen molar-refractivity contribution in [1.29, 1.82) is 0 Å². The Morgan fingerprint density at radius 3 is 2.64 bits per heavy atom. The van der Waals surface area contributed by atoms with Gasteiger partial charge in [-0.25, -0.2) is 0 Å². The summed E-state index contributed by atoms with van der Waals surface area (Å²) in [6.45, 7) is 1.63. The first-order valence-corrected chi connectivity index (χ1v) is 3.50. The number of carbonyl (C=O) groups excluding carboxylic acids is 1. The second-order valence-electron chi connectivity index (χ2n) is 2.35. The van der Waals surface area contributed by atoms with Crippen LogP contribution in [0.3, 0.4) is 0 Å². The summed E-state index contributed by atoms with van der Waals surface area (Å²) in [4.78, 5) is 20.1. The fourth-order valence-corrected chi connectivity index (χ4v) is 0.553. The van der Waals surface area contributed by atoms with Crippen molar-refractivity contribution in [3.63, 3.8) is 0 Å². The van der Waals surface area contributed by atoms with Crippen LogP contribution in [-0.4, -0.2) is 17.4 Å². The van der Waals surface area contributed by atoms with Gasteiger partial charge in [-0.05, 0) is 6.42 Å². The molecule has 0 spiro atoms. The van der Waals surface area contributed by atoms with E-state index in [0.717, 1.165) is 6.29 Å². The van der Waals surface area contributed by atoms with E-state index >= 15 is 0 Å². The van der Waals surface area contributed by atoms with Crippen molar-refractivity contribution < 1.29 is 14.7 Å². The van der Waals surface area contributed by atoms with Gasteiger partial charge in [0.25, 0.3) is 0 Å². The Kier molecular flexibility index (Phi) is 5.07. The fourth-order valence-electron chi connectivity index (χ4n) is 0.553. The highest BCUT2D eigenvalue weighted by Gasteiger charge is 2.06. The number of hydrogen-bond donors (Lipinski definition) is 1. The second-order valence-corrected chi connectivity index (χ2v) is 2.35. The maximum atomic E-state index is 10.3. The molecule has 0 aliphatic carbocycles. The fraction of sp³-hybridized carbons (Fsp3) is 0.500. The lowest BCUT2D eigenvalue weighted by Gasteiger charge is -1.98. The summed E-state index contributed by atoms with van der Waals surface area (Å²) in [5.41, 5.74) is 0. The highest BCUT2D eigenvalue weighted by atomic mass is 16.4. The lowest BCUT2D eigenvalue weighted by Crippen LogP contribution is -2.07. The summed E-state index contributed by atoms with van der Waals surface area (Å²) in [5, 5.41) is 8.44. The summed E-state index contributed by atoms with van der Waals surface area (Å²) in [6.07, 6.45) is 5.02. The van der Waals surface area contributed by atoms with Crippen LogP contribution in [0.1, 0.15) is 19.8 Å². The predicted octanol–water partition coefficient (Wildman–Crippen LogP) is 1.24. The summed E-state index contributed by atoms with van der Waals surface area (Å²) in [6, 6.07) is 0. The Bertz CT molecular complexity index is 161. The first-order valence-electron chi connectivity index (χ1n) is 3.50. The first kappa shape index (κ1) is 9.88. The van der Waals surface area contributed by atoms with E-state index in [0.29, 0.717) is 12.8 Å². The number of aliphatic carboxylic acids is 1. The van der Waals surface area contributed by atoms with Crippen LogP contribution >= 0.6 is 0 Å². The molecule has 0 bridgehead atoms. The van der Waals surface area contributed by atoms with Crippen molar-refractivity contribution in [1.82, 2.24) is 0 Å². The van der Waals surface area contributed by atoms with Crippen LogP contribution in [0.25, 0.3) is 0 Å². The molecule has 1 atom stereocenters. The van der Waals surface area contributed by atoms with Crippen LogP contribution in [0.15, 0.2) is 12.2 Å². The maximum absolute atomic E-state index is 10.3. The molecule has 0 saturated carbocycles. The molecule has 0 aromatic heterocycles. The molecule has 0 aliphatic heterocycles. The van der Waals surface area contributed by atoms with Gasteiger partial charge in [-0.3, -0.25) is 4.79 Å². The van der Waals surface area contributed by atoms with E-state index in [1.54, 1.807) is 19.1 Å². The second kappa shape index (κ2) is 5.65. The molecule has 0 aliphatic rings. The smallest absolute Gasteiger partial charge is 0.306 e. The Morgan fingerprint density at radius 2 is 2.18 bits per heavy atom. The van der Waals surface area contributed by atoms with Gasteiger partial charge in [-0.15, -0.1) is 0 Å². The minimum Gasteiger partial charge on any atom is -0.481 e. The zero-order chi connectivity index (χ0) is 8.69. The molecule has 11 heavy (non-hydrogen) atoms. The van der Waals surface area contributed by atoms with Crippen molar-refractivity contribution in [2.75, 3.05) is 0 Å². The zero-order valence-electron chi connectivity index (χ0n) is 6.49. The number of carbonyl (C=O) groups is 2. The molecule has 0 radical (unpaired) electrons. The third kappa shape index (κ3) is 5.33. The Morgan fingerprint density at radius 1 is 1.55 bits per heavy atom. The number of carboxylic acid groups (broad SMARTS) is 1. The molecule has 1 N–H and O–H groups in total. The minimum absolute atomic E-state index is 0.363. The van der Waals surface area contributed by atoms with Gasteiger partial charge in [-0.1, -0.05) is 19.1 Å². The Labute approximate surface area is 65.7 Å². The molecular weight excluding hydrogens is 144 g/mol. The third-order valence-electron chi connectivity index (χ3n) is 1.31. The average Bonchev–Trinajstić information content (AvgIpc) is 1.97. The van der Waals surface area contributed by atoms with E-state index in [2.05, 4.69) is 0 Å². The van der Waals surface area contributed by atoms with Crippen LogP contribution in [0, 0.1) is 5.92 Å². The minimum atomic E-state index is -0.805. The van der Waals surface area contributed by atoms with Crippen LogP contribution in [0.5, 0.6) is 0 Å². The molecule has 0 aromatic carbocycles. The summed E-state index contributed by atoms with van der Waals surface area (Å²) in [5.74, 6) is -1.17. The highest BCUT2D eigenvalue weighted by Crippen LogP contribution is 2.02. The molecule has 3 nitrogen and oxygen atoms in total. The zero-order valence-corrected chi connectivity index (χ0v) is 6.49. The summed E-state index contributed by atoms with van der Waals surface area (Å²) < 4.78 is 0. The standard InChI is InChI=1S/C8H12O3/c1-7(8(10)11)5-3-2-4-6-9/h2-3,6-7H,4-5H2,1H3,(H,10,11). The van der Waals surface area contributed by atoms with Gasteiger partial charge in [-0.2, -0.15) is 0 Å². The molecule has 0 rings (SSSR count). The van der Waals surface area contributed by atoms with Crippen LogP contribution in [-0.2, 0) is 9.59 Å². The van der Waals surface area contributed by atoms with E-state index in [9.17, 15) is 9.59 Å². The van der Waals surface area contributed by atoms with Crippen LogP contribution in [0.2, 0.25) is 0 Å². The molecular formula is C8H12O3. The molecule has 0 heterocycles. The number of carboxylic acids is 1. The van der Waals surface area contributed by atoms with E-state index in [-0.39, 0.29) is 5.92 Å². The molecule has 1 unspecified atom stereocenters. The highest BCUT2D eigenvalue weighted by molar-refractivity contribution is 5.69. The number of rotatable bonds is 5. The van der Waals surface area contributed by atoms with Gasteiger partial charge < -0.3 is 9.90 Å². The molecule has 0 aromatic rings. The van der Waals surface area contributed by atoms with Crippen molar-refractivity contribution in [2.45, 2.75) is 19.8 Å². The lowest BCUT2D eigenvalue weighted by atomic mass is 10.1. The number of aldehydes is 1. The van der Waals surface area contributed by atoms with Gasteiger partial charge in [0, 0.05) is 6.42 Å². The molecule has 0 saturated heterocycles. The van der Waals surface area contributed by atoms with Crippen LogP contribution in [0.4, 0.5) is 0 Å². The van der Waals surface area contributed by atoms with Gasteiger partial charge in [0.2, 0.25) is 0 Å². The number of allylic oxidation sites excluding steroid dienone is 2. The first-order chi connectivity index (χ1) is 5.18. The third-order valence-corrected chi connectivity index (χ3v) is 1.31. The average molecular weight is 156 g/mol. The topological polar surface area (TPSA) is 54.4 Å². The van der Waals surface area contributed by atoms with Gasteiger partial charge >= 0.3 is 5.97 Å². The van der Waals surface area contributed by atoms with Crippen molar-refractivity contribution in [3.8, 4) is 0 Å². The van der Waals surface area contributed by atoms with Gasteiger partial charge in [0.1, 0.15) is 6.29 Å². The maximum Gasteiger partial charge on any atom is 0.306 e. The SMILES string of the molecule is CC(CC=CCC=O)C(=O)O. The van der Waals surface area contributed by atoms with Gasteiger partial charge in [0.05, 0.1) is 5.92 Å². The van der Waals surface area contributed by atoms with Crippen molar-refractivity contribution in [2.24, 2.45) is 5.92 Å². The quantitative estimate of drug-likeness (QED) is 0.481. The summed E-state index contributed by atoms with van der Waals surface area (Å²) >= 11 is 0. The number of hydrogen-bond acceptors (Lipinski definition) is 2. The predicted molar refractivity (Wildman–Crippen MR) is 41.2 cm³/mol. The Hall–Kier alpha value is -1.12. The van der Waals surface area contributed by atoms with Crippen LogP contribution < -0.4 is 0 Å². The molecule has 0 amide bonds. The lowest BCUT2D eigenvalue weighted by molar-refractivity contribution is -0.140. The van der Waals surface area contributed by atoms with E-state index in [4.69, 9.17) is 5.11 Å². The van der Waals surface area contributed by atoms with Crippen molar-refractivity contribution in [3.05, 3.63) is 12.2 Å². The molecule has 0 fully saturated rings. The van der Waals surface area contributed by atoms with E-state index in [1.165, 1.54) is 0 Å². The largest absolute Gasteiger partial charge is 0.481 e. The molecule has 3 heteroatoms. The molecule has 62 valence electrons. The van der Waals surface area contributed by atoms with Crippen molar-refractivity contribution >= 4 is 12.3 Å². The van der Waals surface area contributed by atoms with E-state index < -0.39 is 5.97 Å². The normalized spacial score (nSPS) is 13.2. The van der Waals surface area contributed by atoms with Gasteiger partial charge in [0.15, 0.2) is 0 Å². The monoisotopic (exact) mass is 156 g/mol. The summed E-state index contributed by atoms with van der Waals surface area (Å²) in [7, 11) is 0. The Balaban J connectivity index is 3.52. The van der Waals surface area contributed by atoms with E-state index in [1.807, 2.05) is 0 Å².